The molecule has 0 aliphatic rings. The highest BCUT2D eigenvalue weighted by Gasteiger charge is 2.24. The molecule has 0 heterocycles. The Morgan fingerprint density at radius 3 is 2.12 bits per heavy atom. The average Bonchev–Trinajstić information content (AvgIpc) is 2.90. The largest absolute Gasteiger partial charge is 0.391 e. The number of hydrogen-bond acceptors (Lipinski definition) is 4. The molecule has 0 unspecified atom stereocenters. The van der Waals surface area contributed by atoms with Crippen molar-refractivity contribution in [1.82, 2.24) is 15.5 Å². The molecule has 220 valence electrons. The van der Waals surface area contributed by atoms with Crippen LogP contribution in [-0.4, -0.2) is 59.5 Å². The zero-order valence-electron chi connectivity index (χ0n) is 24.1. The number of nitrogens with one attached hydrogen (secondary N) is 2. The Morgan fingerprint density at radius 2 is 1.52 bits per heavy atom. The standard InChI is InChI=1S/C31H43F2N3O4/c1-5-8-9-29(38)34-11-10-28(37)27(18-22-16-25(32)20-26(33)17-22)35-30(39)23-14-21(4)15-24(19-23)31(40)36(12-6-2)13-7-3/h14-17,19-20,27-28,37H,5-13,18H2,1-4H3,(H,34,38)(H,35,39)/t27-,28+/m0/s1. The second-order valence-corrected chi connectivity index (χ2v) is 10.3. The van der Waals surface area contributed by atoms with Crippen molar-refractivity contribution >= 4 is 17.7 Å². The number of aliphatic hydroxyl groups is 1. The van der Waals surface area contributed by atoms with E-state index < -0.39 is 29.7 Å². The first-order valence-corrected chi connectivity index (χ1v) is 14.2. The van der Waals surface area contributed by atoms with E-state index in [1.54, 1.807) is 24.0 Å². The van der Waals surface area contributed by atoms with E-state index in [2.05, 4.69) is 10.6 Å². The smallest absolute Gasteiger partial charge is 0.253 e. The third-order valence-electron chi connectivity index (χ3n) is 6.54. The second-order valence-electron chi connectivity index (χ2n) is 10.3. The lowest BCUT2D eigenvalue weighted by Gasteiger charge is -2.25. The van der Waals surface area contributed by atoms with E-state index in [1.165, 1.54) is 6.07 Å². The zero-order valence-corrected chi connectivity index (χ0v) is 24.1. The summed E-state index contributed by atoms with van der Waals surface area (Å²) < 4.78 is 27.7. The first-order valence-electron chi connectivity index (χ1n) is 14.2. The van der Waals surface area contributed by atoms with Gasteiger partial charge in [-0.15, -0.1) is 0 Å². The predicted molar refractivity (Wildman–Crippen MR) is 152 cm³/mol. The molecule has 2 rings (SSSR count). The minimum Gasteiger partial charge on any atom is -0.391 e. The molecule has 40 heavy (non-hydrogen) atoms. The monoisotopic (exact) mass is 559 g/mol. The molecule has 3 N–H and O–H groups in total. The quantitative estimate of drug-likeness (QED) is 0.272. The van der Waals surface area contributed by atoms with E-state index in [0.29, 0.717) is 25.1 Å². The maximum atomic E-state index is 13.9. The molecule has 2 atom stereocenters. The van der Waals surface area contributed by atoms with Gasteiger partial charge in [-0.1, -0.05) is 27.2 Å². The molecule has 7 nitrogen and oxygen atoms in total. The van der Waals surface area contributed by atoms with Gasteiger partial charge in [0.2, 0.25) is 5.91 Å². The normalized spacial score (nSPS) is 12.5. The number of benzene rings is 2. The molecule has 0 saturated heterocycles. The molecule has 9 heteroatoms. The van der Waals surface area contributed by atoms with Crippen LogP contribution < -0.4 is 10.6 Å². The van der Waals surface area contributed by atoms with Gasteiger partial charge in [0, 0.05) is 43.2 Å². The second kappa shape index (κ2) is 16.7. The SMILES string of the molecule is CCCCC(=O)NCC[C@@H](O)[C@H](Cc1cc(F)cc(F)c1)NC(=O)c1cc(C)cc(C(=O)N(CCC)CCC)c1. The van der Waals surface area contributed by atoms with Crippen LogP contribution in [0.3, 0.4) is 0 Å². The summed E-state index contributed by atoms with van der Waals surface area (Å²) >= 11 is 0. The summed E-state index contributed by atoms with van der Waals surface area (Å²) in [7, 11) is 0. The van der Waals surface area contributed by atoms with Gasteiger partial charge in [0.15, 0.2) is 0 Å². The first kappa shape index (κ1) is 32.9. The highest BCUT2D eigenvalue weighted by Crippen LogP contribution is 2.16. The van der Waals surface area contributed by atoms with Gasteiger partial charge in [0.25, 0.3) is 11.8 Å². The molecule has 0 saturated carbocycles. The van der Waals surface area contributed by atoms with Crippen LogP contribution in [0.2, 0.25) is 0 Å². The van der Waals surface area contributed by atoms with Crippen LogP contribution in [0.25, 0.3) is 0 Å². The summed E-state index contributed by atoms with van der Waals surface area (Å²) in [6, 6.07) is 7.07. The molecule has 0 fully saturated rings. The molecule has 2 aromatic rings. The fourth-order valence-corrected chi connectivity index (χ4v) is 4.58. The highest BCUT2D eigenvalue weighted by molar-refractivity contribution is 6.00. The van der Waals surface area contributed by atoms with Crippen molar-refractivity contribution in [2.45, 2.75) is 84.8 Å². The Balaban J connectivity index is 2.25. The fraction of sp³-hybridized carbons (Fsp3) is 0.516. The molecule has 0 aliphatic carbocycles. The fourth-order valence-electron chi connectivity index (χ4n) is 4.58. The van der Waals surface area contributed by atoms with Crippen molar-refractivity contribution in [2.24, 2.45) is 0 Å². The van der Waals surface area contributed by atoms with Gasteiger partial charge in [-0.3, -0.25) is 14.4 Å². The summed E-state index contributed by atoms with van der Waals surface area (Å²) in [6.45, 7) is 9.17. The first-order chi connectivity index (χ1) is 19.1. The highest BCUT2D eigenvalue weighted by atomic mass is 19.1. The van der Waals surface area contributed by atoms with Crippen molar-refractivity contribution in [1.29, 1.82) is 0 Å². The third-order valence-corrected chi connectivity index (χ3v) is 6.54. The summed E-state index contributed by atoms with van der Waals surface area (Å²) in [6.07, 6.45) is 2.62. The molecule has 0 bridgehead atoms. The number of aryl methyl sites for hydroxylation is 1. The molecular formula is C31H43F2N3O4. The zero-order chi connectivity index (χ0) is 29.7. The topological polar surface area (TPSA) is 98.7 Å². The Hall–Kier alpha value is -3.33. The lowest BCUT2D eigenvalue weighted by molar-refractivity contribution is -0.121. The van der Waals surface area contributed by atoms with E-state index in [-0.39, 0.29) is 42.3 Å². The molecule has 0 spiro atoms. The lowest BCUT2D eigenvalue weighted by atomic mass is 9.97. The third kappa shape index (κ3) is 10.7. The number of carbonyl (C=O) groups excluding carboxylic acids is 3. The van der Waals surface area contributed by atoms with E-state index in [0.717, 1.165) is 49.4 Å². The number of aliphatic hydroxyl groups excluding tert-OH is 1. The summed E-state index contributed by atoms with van der Waals surface area (Å²) in [5.74, 6) is -2.33. The summed E-state index contributed by atoms with van der Waals surface area (Å²) in [5, 5.41) is 16.5. The molecule has 0 aliphatic heterocycles. The van der Waals surface area contributed by atoms with Crippen LogP contribution in [0.1, 0.15) is 91.1 Å². The predicted octanol–water partition coefficient (Wildman–Crippen LogP) is 4.93. The van der Waals surface area contributed by atoms with E-state index in [1.807, 2.05) is 20.8 Å². The van der Waals surface area contributed by atoms with Gasteiger partial charge < -0.3 is 20.6 Å². The summed E-state index contributed by atoms with van der Waals surface area (Å²) in [5.41, 5.74) is 1.63. The Labute approximate surface area is 236 Å². The van der Waals surface area contributed by atoms with E-state index >= 15 is 0 Å². The van der Waals surface area contributed by atoms with Crippen LogP contribution >= 0.6 is 0 Å². The molecule has 2 aromatic carbocycles. The van der Waals surface area contributed by atoms with Crippen molar-refractivity contribution in [2.75, 3.05) is 19.6 Å². The number of nitrogens with zero attached hydrogens (tertiary/aromatic N) is 1. The Morgan fingerprint density at radius 1 is 0.900 bits per heavy atom. The van der Waals surface area contributed by atoms with Crippen molar-refractivity contribution < 1.29 is 28.3 Å². The van der Waals surface area contributed by atoms with Gasteiger partial charge in [-0.05, 0) is 80.5 Å². The Bertz CT molecular complexity index is 1120. The van der Waals surface area contributed by atoms with Crippen LogP contribution in [0.4, 0.5) is 8.78 Å². The van der Waals surface area contributed by atoms with Gasteiger partial charge >= 0.3 is 0 Å². The molecule has 3 amide bonds. The maximum Gasteiger partial charge on any atom is 0.253 e. The van der Waals surface area contributed by atoms with E-state index in [4.69, 9.17) is 0 Å². The summed E-state index contributed by atoms with van der Waals surface area (Å²) in [4.78, 5) is 40.3. The minimum absolute atomic E-state index is 0.0379. The molecular weight excluding hydrogens is 516 g/mol. The minimum atomic E-state index is -1.11. The van der Waals surface area contributed by atoms with Crippen molar-refractivity contribution in [3.8, 4) is 0 Å². The van der Waals surface area contributed by atoms with Crippen LogP contribution in [0.15, 0.2) is 36.4 Å². The van der Waals surface area contributed by atoms with E-state index in [9.17, 15) is 28.3 Å². The number of carbonyl (C=O) groups is 3. The van der Waals surface area contributed by atoms with Crippen molar-refractivity contribution in [3.05, 3.63) is 70.3 Å². The van der Waals surface area contributed by atoms with Crippen LogP contribution in [0, 0.1) is 18.6 Å². The number of hydrogen-bond donors (Lipinski definition) is 3. The van der Waals surface area contributed by atoms with Gasteiger partial charge in [0.05, 0.1) is 12.1 Å². The number of halogens is 2. The van der Waals surface area contributed by atoms with Gasteiger partial charge in [-0.25, -0.2) is 8.78 Å². The van der Waals surface area contributed by atoms with Gasteiger partial charge in [0.1, 0.15) is 11.6 Å². The van der Waals surface area contributed by atoms with Crippen LogP contribution in [0.5, 0.6) is 0 Å². The lowest BCUT2D eigenvalue weighted by Crippen LogP contribution is -2.46. The average molecular weight is 560 g/mol. The molecule has 0 aromatic heterocycles. The van der Waals surface area contributed by atoms with Gasteiger partial charge in [-0.2, -0.15) is 0 Å². The van der Waals surface area contributed by atoms with Crippen LogP contribution in [-0.2, 0) is 11.2 Å². The number of rotatable bonds is 16. The maximum absolute atomic E-state index is 13.9. The molecule has 0 radical (unpaired) electrons. The number of amides is 3. The van der Waals surface area contributed by atoms with Crippen molar-refractivity contribution in [3.63, 3.8) is 0 Å². The Kier molecular flexibility index (Phi) is 13.7. The number of unbranched alkanes of at least 4 members (excludes halogenated alkanes) is 1.